The summed E-state index contributed by atoms with van der Waals surface area (Å²) in [6.45, 7) is 0.451. The van der Waals surface area contributed by atoms with Crippen LogP contribution in [0.25, 0.3) is 5.69 Å². The van der Waals surface area contributed by atoms with Crippen LogP contribution in [0.3, 0.4) is 0 Å². The molecule has 0 spiro atoms. The molecule has 0 aliphatic rings. The minimum Gasteiger partial charge on any atom is -0.352 e. The average Bonchev–Trinajstić information content (AvgIpc) is 3.32. The van der Waals surface area contributed by atoms with Crippen LogP contribution < -0.4 is 10.6 Å². The van der Waals surface area contributed by atoms with E-state index in [9.17, 15) is 9.59 Å². The van der Waals surface area contributed by atoms with Gasteiger partial charge in [0, 0.05) is 23.9 Å². The third kappa shape index (κ3) is 4.51. The maximum atomic E-state index is 12.1. The molecule has 3 aromatic rings. The van der Waals surface area contributed by atoms with Crippen molar-refractivity contribution in [3.8, 4) is 5.69 Å². The predicted octanol–water partition coefficient (Wildman–Crippen LogP) is 2.48. The van der Waals surface area contributed by atoms with Crippen LogP contribution in [-0.2, 0) is 4.79 Å². The summed E-state index contributed by atoms with van der Waals surface area (Å²) in [5.41, 5.74) is 2.07. The van der Waals surface area contributed by atoms with Gasteiger partial charge < -0.3 is 10.6 Å². The van der Waals surface area contributed by atoms with E-state index in [4.69, 9.17) is 0 Å². The molecule has 25 heavy (non-hydrogen) atoms. The lowest BCUT2D eigenvalue weighted by Crippen LogP contribution is -2.25. The van der Waals surface area contributed by atoms with Crippen LogP contribution in [0.5, 0.6) is 0 Å². The number of hydrogen-bond donors (Lipinski definition) is 2. The number of benzene rings is 1. The molecule has 0 unspecified atom stereocenters. The van der Waals surface area contributed by atoms with Crippen LogP contribution >= 0.6 is 11.3 Å². The van der Waals surface area contributed by atoms with Crippen LogP contribution in [0.1, 0.15) is 23.2 Å². The molecule has 0 radical (unpaired) electrons. The van der Waals surface area contributed by atoms with E-state index in [1.54, 1.807) is 22.5 Å². The van der Waals surface area contributed by atoms with Crippen LogP contribution in [0.2, 0.25) is 0 Å². The Hall–Kier alpha value is -3.00. The van der Waals surface area contributed by atoms with Gasteiger partial charge in [-0.15, -0.1) is 0 Å². The zero-order valence-corrected chi connectivity index (χ0v) is 14.2. The van der Waals surface area contributed by atoms with Crippen molar-refractivity contribution in [1.82, 2.24) is 20.1 Å². The van der Waals surface area contributed by atoms with E-state index in [1.807, 2.05) is 29.6 Å². The summed E-state index contributed by atoms with van der Waals surface area (Å²) in [5, 5.41) is 13.4. The molecule has 3 rings (SSSR count). The molecule has 0 saturated carbocycles. The molecule has 0 bridgehead atoms. The van der Waals surface area contributed by atoms with Crippen molar-refractivity contribution in [3.05, 3.63) is 59.3 Å². The first-order valence-corrected chi connectivity index (χ1v) is 8.72. The van der Waals surface area contributed by atoms with E-state index in [-0.39, 0.29) is 11.8 Å². The van der Waals surface area contributed by atoms with Crippen LogP contribution in [-0.4, -0.2) is 33.1 Å². The number of nitrogens with one attached hydrogen (secondary N) is 2. The third-order valence-electron chi connectivity index (χ3n) is 3.49. The topological polar surface area (TPSA) is 88.9 Å². The van der Waals surface area contributed by atoms with Crippen molar-refractivity contribution in [2.24, 2.45) is 0 Å². The number of hydrogen-bond acceptors (Lipinski definition) is 5. The molecule has 0 aliphatic carbocycles. The Labute approximate surface area is 148 Å². The molecule has 0 fully saturated rings. The van der Waals surface area contributed by atoms with E-state index < -0.39 is 0 Å². The molecular weight excluding hydrogens is 338 g/mol. The second-order valence-corrected chi connectivity index (χ2v) is 6.06. The smallest absolute Gasteiger partial charge is 0.252 e. The zero-order valence-electron chi connectivity index (χ0n) is 13.4. The van der Waals surface area contributed by atoms with Gasteiger partial charge in [-0.3, -0.25) is 9.59 Å². The fourth-order valence-electron chi connectivity index (χ4n) is 2.27. The number of anilines is 1. The van der Waals surface area contributed by atoms with Gasteiger partial charge in [-0.05, 0) is 30.0 Å². The van der Waals surface area contributed by atoms with E-state index in [0.717, 1.165) is 5.69 Å². The van der Waals surface area contributed by atoms with Gasteiger partial charge in [-0.25, -0.2) is 9.67 Å². The van der Waals surface area contributed by atoms with Crippen molar-refractivity contribution in [2.45, 2.75) is 12.8 Å². The number of aromatic nitrogens is 3. The Morgan fingerprint density at radius 3 is 2.84 bits per heavy atom. The SMILES string of the molecule is O=C(CCCNC(=O)c1ccsc1)Nc1ccccc1-n1cncn1. The van der Waals surface area contributed by atoms with Gasteiger partial charge in [0.05, 0.1) is 11.4 Å². The van der Waals surface area contributed by atoms with Gasteiger partial charge in [0.15, 0.2) is 0 Å². The molecular formula is C17H17N5O2S. The average molecular weight is 355 g/mol. The van der Waals surface area contributed by atoms with Gasteiger partial charge in [0.25, 0.3) is 5.91 Å². The van der Waals surface area contributed by atoms with Crippen LogP contribution in [0, 0.1) is 0 Å². The highest BCUT2D eigenvalue weighted by atomic mass is 32.1. The number of para-hydroxylation sites is 2. The quantitative estimate of drug-likeness (QED) is 0.637. The molecule has 2 N–H and O–H groups in total. The Kier molecular flexibility index (Phi) is 5.53. The molecule has 0 aliphatic heterocycles. The standard InChI is InChI=1S/C17H17N5O2S/c23-16(6-3-8-19-17(24)13-7-9-25-10-13)21-14-4-1-2-5-15(14)22-12-18-11-20-22/h1-2,4-5,7,9-12H,3,6,8H2,(H,19,24)(H,21,23). The first-order valence-electron chi connectivity index (χ1n) is 7.78. The van der Waals surface area contributed by atoms with E-state index in [0.29, 0.717) is 30.6 Å². The fraction of sp³-hybridized carbons (Fsp3) is 0.176. The number of carbonyl (C=O) groups excluding carboxylic acids is 2. The van der Waals surface area contributed by atoms with Crippen molar-refractivity contribution < 1.29 is 9.59 Å². The lowest BCUT2D eigenvalue weighted by atomic mass is 10.2. The second-order valence-electron chi connectivity index (χ2n) is 5.28. The minimum absolute atomic E-state index is 0.113. The van der Waals surface area contributed by atoms with E-state index >= 15 is 0 Å². The lowest BCUT2D eigenvalue weighted by Gasteiger charge is -2.10. The Morgan fingerprint density at radius 2 is 2.08 bits per heavy atom. The lowest BCUT2D eigenvalue weighted by molar-refractivity contribution is -0.116. The fourth-order valence-corrected chi connectivity index (χ4v) is 2.91. The Morgan fingerprint density at radius 1 is 1.20 bits per heavy atom. The zero-order chi connectivity index (χ0) is 17.5. The first-order chi connectivity index (χ1) is 12.2. The summed E-state index contributed by atoms with van der Waals surface area (Å²) < 4.78 is 1.59. The van der Waals surface area contributed by atoms with Crippen LogP contribution in [0.4, 0.5) is 5.69 Å². The van der Waals surface area contributed by atoms with E-state index in [1.165, 1.54) is 17.7 Å². The van der Waals surface area contributed by atoms with Crippen molar-refractivity contribution in [3.63, 3.8) is 0 Å². The molecule has 0 atom stereocenters. The van der Waals surface area contributed by atoms with Crippen LogP contribution in [0.15, 0.2) is 53.7 Å². The number of rotatable bonds is 7. The minimum atomic E-state index is -0.114. The summed E-state index contributed by atoms with van der Waals surface area (Å²) in [6, 6.07) is 9.15. The highest BCUT2D eigenvalue weighted by Gasteiger charge is 2.09. The van der Waals surface area contributed by atoms with Crippen molar-refractivity contribution in [2.75, 3.05) is 11.9 Å². The largest absolute Gasteiger partial charge is 0.352 e. The van der Waals surface area contributed by atoms with E-state index in [2.05, 4.69) is 20.7 Å². The van der Waals surface area contributed by atoms with Crippen molar-refractivity contribution >= 4 is 28.8 Å². The second kappa shape index (κ2) is 8.20. The molecule has 2 heterocycles. The molecule has 1 aromatic carbocycles. The normalized spacial score (nSPS) is 10.4. The number of thiophene rings is 1. The Bertz CT molecular complexity index is 831. The molecule has 2 amide bonds. The predicted molar refractivity (Wildman–Crippen MR) is 95.9 cm³/mol. The summed E-state index contributed by atoms with van der Waals surface area (Å²) in [7, 11) is 0. The monoisotopic (exact) mass is 355 g/mol. The molecule has 8 heteroatoms. The molecule has 128 valence electrons. The van der Waals surface area contributed by atoms with Gasteiger partial charge in [-0.2, -0.15) is 16.4 Å². The maximum absolute atomic E-state index is 12.1. The first kappa shape index (κ1) is 16.8. The maximum Gasteiger partial charge on any atom is 0.252 e. The van der Waals surface area contributed by atoms with Crippen molar-refractivity contribution in [1.29, 1.82) is 0 Å². The number of carbonyl (C=O) groups is 2. The van der Waals surface area contributed by atoms with Gasteiger partial charge >= 0.3 is 0 Å². The summed E-state index contributed by atoms with van der Waals surface area (Å²) in [6.07, 6.45) is 3.89. The van der Waals surface area contributed by atoms with Gasteiger partial charge in [0.1, 0.15) is 12.7 Å². The summed E-state index contributed by atoms with van der Waals surface area (Å²) >= 11 is 1.48. The molecule has 7 nitrogen and oxygen atoms in total. The Balaban J connectivity index is 1.48. The number of amides is 2. The third-order valence-corrected chi connectivity index (χ3v) is 4.18. The summed E-state index contributed by atoms with van der Waals surface area (Å²) in [4.78, 5) is 27.9. The summed E-state index contributed by atoms with van der Waals surface area (Å²) in [5.74, 6) is -0.226. The number of nitrogens with zero attached hydrogens (tertiary/aromatic N) is 3. The molecule has 0 saturated heterocycles. The highest BCUT2D eigenvalue weighted by molar-refractivity contribution is 7.08. The molecule has 2 aromatic heterocycles. The van der Waals surface area contributed by atoms with Gasteiger partial charge in [-0.1, -0.05) is 12.1 Å². The van der Waals surface area contributed by atoms with Gasteiger partial charge in [0.2, 0.25) is 5.91 Å². The highest BCUT2D eigenvalue weighted by Crippen LogP contribution is 2.18.